The molecular weight excluding hydrogens is 471 g/mol. The van der Waals surface area contributed by atoms with Gasteiger partial charge in [-0.05, 0) is 47.0 Å². The van der Waals surface area contributed by atoms with Crippen molar-refractivity contribution in [1.29, 1.82) is 0 Å². The van der Waals surface area contributed by atoms with E-state index in [2.05, 4.69) is 14.2 Å². The second-order valence-corrected chi connectivity index (χ2v) is 6.37. The molecule has 0 aliphatic rings. The van der Waals surface area contributed by atoms with Crippen LogP contribution >= 0.6 is 0 Å². The van der Waals surface area contributed by atoms with Crippen LogP contribution in [0.25, 0.3) is 22.3 Å². The van der Waals surface area contributed by atoms with Gasteiger partial charge in [-0.2, -0.15) is 0 Å². The van der Waals surface area contributed by atoms with E-state index in [1.54, 1.807) is 0 Å². The zero-order valence-corrected chi connectivity index (χ0v) is 16.0. The first-order chi connectivity index (χ1) is 15.2. The van der Waals surface area contributed by atoms with Crippen LogP contribution < -0.4 is 14.2 Å². The second kappa shape index (κ2) is 8.75. The van der Waals surface area contributed by atoms with Gasteiger partial charge in [0.1, 0.15) is 17.2 Å². The van der Waals surface area contributed by atoms with Crippen LogP contribution in [0.3, 0.4) is 0 Å². The Labute approximate surface area is 179 Å². The number of benzene rings is 3. The van der Waals surface area contributed by atoms with Gasteiger partial charge < -0.3 is 14.2 Å². The zero-order chi connectivity index (χ0) is 24.4. The fourth-order valence-electron chi connectivity index (χ4n) is 2.96. The highest BCUT2D eigenvalue weighted by molar-refractivity contribution is 5.87. The molecule has 176 valence electrons. The maximum atomic E-state index is 12.9. The summed E-state index contributed by atoms with van der Waals surface area (Å²) < 4.78 is 126. The van der Waals surface area contributed by atoms with Crippen molar-refractivity contribution in [1.82, 2.24) is 0 Å². The summed E-state index contributed by atoms with van der Waals surface area (Å²) >= 11 is 0. The lowest BCUT2D eigenvalue weighted by atomic mass is 9.93. The summed E-state index contributed by atoms with van der Waals surface area (Å²) in [5.74, 6) is -2.13. The molecule has 0 radical (unpaired) electrons. The van der Waals surface area contributed by atoms with Crippen molar-refractivity contribution < 1.29 is 53.7 Å². The van der Waals surface area contributed by atoms with E-state index < -0.39 is 36.3 Å². The lowest BCUT2D eigenvalue weighted by Crippen LogP contribution is -2.18. The molecule has 0 aromatic heterocycles. The van der Waals surface area contributed by atoms with E-state index in [0.717, 1.165) is 42.5 Å². The van der Waals surface area contributed by atoms with E-state index >= 15 is 0 Å². The standard InChI is InChI=1S/C21H11F9O3/c22-19(23,24)31-13-5-3-4-12(10-13)15-9-8-14(32-20(25,26)27)11-17(15)16-6-1-2-7-18(16)33-21(28,29)30/h1-11H. The molecular formula is C21H11F9O3. The highest BCUT2D eigenvalue weighted by atomic mass is 19.4. The van der Waals surface area contributed by atoms with Crippen LogP contribution in [-0.4, -0.2) is 19.1 Å². The molecule has 0 fully saturated rings. The van der Waals surface area contributed by atoms with Gasteiger partial charge in [0.2, 0.25) is 0 Å². The number of alkyl halides is 9. The molecule has 0 bridgehead atoms. The molecule has 12 heteroatoms. The maximum Gasteiger partial charge on any atom is 0.573 e. The Morgan fingerprint density at radius 1 is 0.455 bits per heavy atom. The first-order valence-electron chi connectivity index (χ1n) is 8.81. The Kier molecular flexibility index (Phi) is 6.39. The smallest absolute Gasteiger partial charge is 0.406 e. The first kappa shape index (κ1) is 24.1. The Hall–Kier alpha value is -3.57. The van der Waals surface area contributed by atoms with E-state index in [9.17, 15) is 39.5 Å². The largest absolute Gasteiger partial charge is 0.573 e. The molecule has 3 rings (SSSR count). The summed E-state index contributed by atoms with van der Waals surface area (Å²) in [7, 11) is 0. The average Bonchev–Trinajstić information content (AvgIpc) is 2.65. The Morgan fingerprint density at radius 3 is 1.64 bits per heavy atom. The minimum atomic E-state index is -5.11. The van der Waals surface area contributed by atoms with Gasteiger partial charge in [0.15, 0.2) is 0 Å². The normalized spacial score (nSPS) is 12.4. The fourth-order valence-corrected chi connectivity index (χ4v) is 2.96. The third-order valence-electron chi connectivity index (χ3n) is 4.01. The van der Waals surface area contributed by atoms with E-state index in [0.29, 0.717) is 0 Å². The average molecular weight is 482 g/mol. The molecule has 3 aromatic rings. The van der Waals surface area contributed by atoms with Crippen molar-refractivity contribution in [2.24, 2.45) is 0 Å². The van der Waals surface area contributed by atoms with Crippen LogP contribution in [0.2, 0.25) is 0 Å². The van der Waals surface area contributed by atoms with Crippen molar-refractivity contribution in [3.05, 3.63) is 66.7 Å². The Bertz CT molecular complexity index is 1120. The SMILES string of the molecule is FC(F)(F)Oc1cccc(-c2ccc(OC(F)(F)F)cc2-c2ccccc2OC(F)(F)F)c1. The quantitative estimate of drug-likeness (QED) is 0.349. The Balaban J connectivity index is 2.19. The van der Waals surface area contributed by atoms with Crippen LogP contribution in [0.4, 0.5) is 39.5 Å². The highest BCUT2D eigenvalue weighted by Gasteiger charge is 2.34. The van der Waals surface area contributed by atoms with Crippen LogP contribution in [0.15, 0.2) is 66.7 Å². The summed E-state index contributed by atoms with van der Waals surface area (Å²) in [5.41, 5.74) is -0.483. The molecule has 0 unspecified atom stereocenters. The molecule has 0 spiro atoms. The van der Waals surface area contributed by atoms with Gasteiger partial charge in [-0.15, -0.1) is 39.5 Å². The molecule has 33 heavy (non-hydrogen) atoms. The number of hydrogen-bond donors (Lipinski definition) is 0. The van der Waals surface area contributed by atoms with Crippen LogP contribution in [0.5, 0.6) is 17.2 Å². The number of para-hydroxylation sites is 1. The predicted octanol–water partition coefficient (Wildman–Crippen LogP) is 7.72. The maximum absolute atomic E-state index is 12.9. The molecule has 0 saturated carbocycles. The van der Waals surface area contributed by atoms with E-state index in [-0.39, 0.29) is 22.3 Å². The van der Waals surface area contributed by atoms with Crippen molar-refractivity contribution in [3.8, 4) is 39.5 Å². The van der Waals surface area contributed by atoms with Gasteiger partial charge in [-0.25, -0.2) is 0 Å². The number of halogens is 9. The van der Waals surface area contributed by atoms with Crippen molar-refractivity contribution in [2.75, 3.05) is 0 Å². The van der Waals surface area contributed by atoms with Crippen LogP contribution in [0, 0.1) is 0 Å². The second-order valence-electron chi connectivity index (χ2n) is 6.37. The molecule has 0 atom stereocenters. The van der Waals surface area contributed by atoms with Gasteiger partial charge in [-0.3, -0.25) is 0 Å². The minimum absolute atomic E-state index is 0.00428. The molecule has 0 aliphatic carbocycles. The third-order valence-corrected chi connectivity index (χ3v) is 4.01. The molecule has 0 N–H and O–H groups in total. The van der Waals surface area contributed by atoms with Crippen molar-refractivity contribution in [3.63, 3.8) is 0 Å². The first-order valence-corrected chi connectivity index (χ1v) is 8.81. The molecule has 3 nitrogen and oxygen atoms in total. The van der Waals surface area contributed by atoms with Gasteiger partial charge in [0.05, 0.1) is 0 Å². The lowest BCUT2D eigenvalue weighted by Gasteiger charge is -2.18. The summed E-state index contributed by atoms with van der Waals surface area (Å²) in [6.07, 6.45) is -15.2. The molecule has 0 amide bonds. The number of hydrogen-bond acceptors (Lipinski definition) is 3. The lowest BCUT2D eigenvalue weighted by molar-refractivity contribution is -0.275. The zero-order valence-electron chi connectivity index (χ0n) is 16.0. The summed E-state index contributed by atoms with van der Waals surface area (Å²) in [5, 5.41) is 0. The molecule has 0 heterocycles. The fraction of sp³-hybridized carbons (Fsp3) is 0.143. The molecule has 3 aromatic carbocycles. The third kappa shape index (κ3) is 6.96. The molecule has 0 saturated heterocycles. The van der Waals surface area contributed by atoms with Crippen LogP contribution in [-0.2, 0) is 0 Å². The summed E-state index contributed by atoms with van der Waals surface area (Å²) in [4.78, 5) is 0. The van der Waals surface area contributed by atoms with E-state index in [1.807, 2.05) is 0 Å². The number of rotatable bonds is 5. The topological polar surface area (TPSA) is 27.7 Å². The monoisotopic (exact) mass is 482 g/mol. The van der Waals surface area contributed by atoms with Crippen molar-refractivity contribution in [2.45, 2.75) is 19.1 Å². The number of ether oxygens (including phenoxy) is 3. The van der Waals surface area contributed by atoms with E-state index in [1.165, 1.54) is 24.3 Å². The Morgan fingerprint density at radius 2 is 1.03 bits per heavy atom. The summed E-state index contributed by atoms with van der Waals surface area (Å²) in [6, 6.07) is 11.7. The van der Waals surface area contributed by atoms with Gasteiger partial charge in [0, 0.05) is 5.56 Å². The van der Waals surface area contributed by atoms with Gasteiger partial charge in [0.25, 0.3) is 0 Å². The highest BCUT2D eigenvalue weighted by Crippen LogP contribution is 2.42. The van der Waals surface area contributed by atoms with Gasteiger partial charge in [-0.1, -0.05) is 36.4 Å². The molecule has 0 aliphatic heterocycles. The van der Waals surface area contributed by atoms with Gasteiger partial charge >= 0.3 is 19.1 Å². The minimum Gasteiger partial charge on any atom is -0.406 e. The van der Waals surface area contributed by atoms with Crippen LogP contribution in [0.1, 0.15) is 0 Å². The van der Waals surface area contributed by atoms with E-state index in [4.69, 9.17) is 0 Å². The predicted molar refractivity (Wildman–Crippen MR) is 97.4 cm³/mol. The summed E-state index contributed by atoms with van der Waals surface area (Å²) in [6.45, 7) is 0. The van der Waals surface area contributed by atoms with Crippen molar-refractivity contribution >= 4 is 0 Å².